The summed E-state index contributed by atoms with van der Waals surface area (Å²) < 4.78 is 0. The number of hydrogen-bond donors (Lipinski definition) is 3. The van der Waals surface area contributed by atoms with Crippen molar-refractivity contribution in [2.45, 2.75) is 50.5 Å². The van der Waals surface area contributed by atoms with Gasteiger partial charge in [-0.05, 0) is 62.5 Å². The molecule has 1 aromatic carbocycles. The van der Waals surface area contributed by atoms with E-state index in [1.165, 1.54) is 58.0 Å². The van der Waals surface area contributed by atoms with E-state index in [1.54, 1.807) is 12.4 Å². The van der Waals surface area contributed by atoms with Crippen LogP contribution >= 0.6 is 0 Å². The highest BCUT2D eigenvalue weighted by Crippen LogP contribution is 2.35. The molecule has 0 unspecified atom stereocenters. The van der Waals surface area contributed by atoms with Crippen LogP contribution in [0.15, 0.2) is 42.7 Å². The number of carbonyl (C=O) groups excluding carboxylic acids is 1. The molecular formula is C24H32N4O3. The molecule has 1 aliphatic heterocycles. The normalized spacial score (nSPS) is 17.9. The quantitative estimate of drug-likeness (QED) is 0.633. The van der Waals surface area contributed by atoms with Crippen molar-refractivity contribution in [2.24, 2.45) is 0 Å². The first-order valence-electron chi connectivity index (χ1n) is 11.0. The molecule has 7 nitrogen and oxygen atoms in total. The van der Waals surface area contributed by atoms with Gasteiger partial charge in [-0.1, -0.05) is 31.4 Å². The van der Waals surface area contributed by atoms with E-state index in [9.17, 15) is 4.79 Å². The number of amides is 1. The zero-order valence-electron chi connectivity index (χ0n) is 17.9. The summed E-state index contributed by atoms with van der Waals surface area (Å²) in [6.07, 6.45) is 12.2. The fourth-order valence-corrected chi connectivity index (χ4v) is 4.81. The van der Waals surface area contributed by atoms with E-state index in [0.717, 1.165) is 17.7 Å². The summed E-state index contributed by atoms with van der Waals surface area (Å²) in [7, 11) is 0. The van der Waals surface area contributed by atoms with E-state index < -0.39 is 0 Å². The van der Waals surface area contributed by atoms with E-state index in [2.05, 4.69) is 15.2 Å². The van der Waals surface area contributed by atoms with Crippen molar-refractivity contribution in [3.63, 3.8) is 0 Å². The molecule has 0 spiro atoms. The first-order valence-corrected chi connectivity index (χ1v) is 11.0. The third-order valence-corrected chi connectivity index (χ3v) is 6.36. The summed E-state index contributed by atoms with van der Waals surface area (Å²) in [5.41, 5.74) is 9.20. The first-order chi connectivity index (χ1) is 15.1. The minimum atomic E-state index is -0.250. The van der Waals surface area contributed by atoms with Crippen molar-refractivity contribution in [1.29, 1.82) is 0 Å². The number of anilines is 1. The van der Waals surface area contributed by atoms with Crippen molar-refractivity contribution in [2.75, 3.05) is 25.4 Å². The van der Waals surface area contributed by atoms with Gasteiger partial charge >= 0.3 is 0 Å². The highest BCUT2D eigenvalue weighted by molar-refractivity contribution is 5.95. The highest BCUT2D eigenvalue weighted by Gasteiger charge is 2.39. The van der Waals surface area contributed by atoms with E-state index in [1.807, 2.05) is 30.3 Å². The van der Waals surface area contributed by atoms with Crippen molar-refractivity contribution in [1.82, 2.24) is 15.2 Å². The topological polar surface area (TPSA) is 109 Å². The molecule has 166 valence electrons. The van der Waals surface area contributed by atoms with Crippen LogP contribution in [0.3, 0.4) is 0 Å². The van der Waals surface area contributed by atoms with Crippen LogP contribution in [-0.4, -0.2) is 52.5 Å². The number of hydrogen-bond acceptors (Lipinski definition) is 5. The van der Waals surface area contributed by atoms with Gasteiger partial charge < -0.3 is 16.2 Å². The van der Waals surface area contributed by atoms with Crippen LogP contribution < -0.4 is 11.1 Å². The number of carbonyl (C=O) groups is 2. The number of nitrogens with one attached hydrogen (secondary N) is 1. The zero-order chi connectivity index (χ0) is 22.1. The molecule has 7 heteroatoms. The van der Waals surface area contributed by atoms with Gasteiger partial charge in [-0.25, -0.2) is 0 Å². The van der Waals surface area contributed by atoms with Crippen LogP contribution in [0.1, 0.15) is 55.3 Å². The molecule has 1 saturated heterocycles. The average molecular weight is 425 g/mol. The fraction of sp³-hybridized carbons (Fsp3) is 0.458. The molecule has 4 N–H and O–H groups in total. The summed E-state index contributed by atoms with van der Waals surface area (Å²) >= 11 is 0. The van der Waals surface area contributed by atoms with E-state index in [0.29, 0.717) is 11.3 Å². The minimum absolute atomic E-state index is 0.00265. The van der Waals surface area contributed by atoms with Gasteiger partial charge in [-0.15, -0.1) is 0 Å². The molecule has 1 aliphatic carbocycles. The predicted molar refractivity (Wildman–Crippen MR) is 122 cm³/mol. The van der Waals surface area contributed by atoms with Crippen LogP contribution in [0.4, 0.5) is 5.69 Å². The van der Waals surface area contributed by atoms with Gasteiger partial charge in [0.15, 0.2) is 0 Å². The maximum Gasteiger partial charge on any atom is 0.290 e. The Morgan fingerprint density at radius 1 is 1.10 bits per heavy atom. The Morgan fingerprint density at radius 2 is 1.81 bits per heavy atom. The highest BCUT2D eigenvalue weighted by atomic mass is 16.3. The number of nitrogens with two attached hydrogens (primary N) is 1. The molecule has 0 bridgehead atoms. The Bertz CT molecular complexity index is 875. The lowest BCUT2D eigenvalue weighted by atomic mass is 9.80. The predicted octanol–water partition coefficient (Wildman–Crippen LogP) is 3.56. The number of benzene rings is 1. The standard InChI is InChI=1S/C23H30N4O.CH2O2/c24-21-14-20(15-25-16-21)18-7-6-8-19(13-18)22(28)26-17-23(9-2-1-3-10-23)27-11-4-5-12-27;2-1-3/h6-8,13-16H,1-5,9-12,17,24H2,(H,26,28);1H,(H,2,3). The van der Waals surface area contributed by atoms with Crippen LogP contribution in [-0.2, 0) is 4.79 Å². The molecule has 2 aromatic rings. The summed E-state index contributed by atoms with van der Waals surface area (Å²) in [6.45, 7) is 2.84. The Kier molecular flexibility index (Phi) is 8.00. The van der Waals surface area contributed by atoms with Crippen LogP contribution in [0, 0.1) is 0 Å². The molecule has 0 atom stereocenters. The second-order valence-electron chi connectivity index (χ2n) is 8.35. The molecule has 1 saturated carbocycles. The smallest absolute Gasteiger partial charge is 0.290 e. The number of nitrogens with zero attached hydrogens (tertiary/aromatic N) is 2. The molecule has 31 heavy (non-hydrogen) atoms. The number of carboxylic acid groups (broad SMARTS) is 1. The number of aromatic nitrogens is 1. The monoisotopic (exact) mass is 424 g/mol. The lowest BCUT2D eigenvalue weighted by Crippen LogP contribution is -2.55. The first kappa shape index (κ1) is 22.7. The van der Waals surface area contributed by atoms with Crippen molar-refractivity contribution in [3.05, 3.63) is 48.3 Å². The molecule has 0 radical (unpaired) electrons. The third-order valence-electron chi connectivity index (χ3n) is 6.36. The van der Waals surface area contributed by atoms with Crippen LogP contribution in [0.25, 0.3) is 11.1 Å². The largest absolute Gasteiger partial charge is 0.483 e. The Morgan fingerprint density at radius 3 is 2.48 bits per heavy atom. The maximum atomic E-state index is 12.9. The van der Waals surface area contributed by atoms with E-state index in [-0.39, 0.29) is 17.9 Å². The van der Waals surface area contributed by atoms with Gasteiger partial charge in [0.05, 0.1) is 5.69 Å². The molecule has 4 rings (SSSR count). The van der Waals surface area contributed by atoms with Crippen LogP contribution in [0.2, 0.25) is 0 Å². The Labute approximate surface area is 183 Å². The molecule has 2 heterocycles. The van der Waals surface area contributed by atoms with Gasteiger partial charge in [0.1, 0.15) is 0 Å². The summed E-state index contributed by atoms with van der Waals surface area (Å²) in [6, 6.07) is 9.59. The number of likely N-dealkylation sites (tertiary alicyclic amines) is 1. The fourth-order valence-electron chi connectivity index (χ4n) is 4.81. The third kappa shape index (κ3) is 5.82. The van der Waals surface area contributed by atoms with Gasteiger partial charge in [-0.3, -0.25) is 19.5 Å². The van der Waals surface area contributed by atoms with Crippen molar-refractivity contribution < 1.29 is 14.7 Å². The van der Waals surface area contributed by atoms with Gasteiger partial charge in [-0.2, -0.15) is 0 Å². The lowest BCUT2D eigenvalue weighted by molar-refractivity contribution is -0.122. The summed E-state index contributed by atoms with van der Waals surface area (Å²) in [5, 5.41) is 10.1. The molecular weight excluding hydrogens is 392 g/mol. The van der Waals surface area contributed by atoms with Crippen molar-refractivity contribution in [3.8, 4) is 11.1 Å². The molecule has 1 aromatic heterocycles. The van der Waals surface area contributed by atoms with E-state index in [4.69, 9.17) is 15.6 Å². The molecule has 1 amide bonds. The Hall–Kier alpha value is -2.93. The number of pyridine rings is 1. The lowest BCUT2D eigenvalue weighted by Gasteiger charge is -2.45. The van der Waals surface area contributed by atoms with E-state index >= 15 is 0 Å². The zero-order valence-corrected chi connectivity index (χ0v) is 17.9. The number of nitrogen functional groups attached to an aromatic ring is 1. The number of rotatable bonds is 5. The van der Waals surface area contributed by atoms with Crippen molar-refractivity contribution >= 4 is 18.1 Å². The van der Waals surface area contributed by atoms with Gasteiger partial charge in [0, 0.05) is 35.6 Å². The maximum absolute atomic E-state index is 12.9. The Balaban J connectivity index is 0.000000858. The van der Waals surface area contributed by atoms with Gasteiger partial charge in [0.2, 0.25) is 0 Å². The van der Waals surface area contributed by atoms with Crippen LogP contribution in [0.5, 0.6) is 0 Å². The summed E-state index contributed by atoms with van der Waals surface area (Å²) in [4.78, 5) is 28.1. The minimum Gasteiger partial charge on any atom is -0.483 e. The second kappa shape index (κ2) is 10.9. The SMILES string of the molecule is Nc1cncc(-c2cccc(C(=O)NCC3(N4CCCC4)CCCCC3)c2)c1.O=CO. The average Bonchev–Trinajstić information content (AvgIpc) is 3.35. The van der Waals surface area contributed by atoms with Gasteiger partial charge in [0.25, 0.3) is 12.4 Å². The second-order valence-corrected chi connectivity index (χ2v) is 8.35. The molecule has 2 fully saturated rings. The molecule has 2 aliphatic rings. The summed E-state index contributed by atoms with van der Waals surface area (Å²) in [5.74, 6) is 0.00265.